The van der Waals surface area contributed by atoms with Gasteiger partial charge >= 0.3 is 0 Å². The van der Waals surface area contributed by atoms with E-state index in [2.05, 4.69) is 64.8 Å². The average Bonchev–Trinajstić information content (AvgIpc) is 2.35. The smallest absolute Gasteiger partial charge is 0.0511 e. The highest BCUT2D eigenvalue weighted by Gasteiger charge is 2.27. The first-order valence-corrected chi connectivity index (χ1v) is 7.71. The van der Waals surface area contributed by atoms with Gasteiger partial charge in [-0.1, -0.05) is 6.07 Å². The molecule has 1 aromatic carbocycles. The molecule has 1 fully saturated rings. The third-order valence-corrected chi connectivity index (χ3v) is 4.83. The Morgan fingerprint density at radius 3 is 2.32 bits per heavy atom. The first kappa shape index (κ1) is 14.8. The second-order valence-corrected chi connectivity index (χ2v) is 6.62. The summed E-state index contributed by atoms with van der Waals surface area (Å²) < 4.78 is 1.14. The summed E-state index contributed by atoms with van der Waals surface area (Å²) in [6.45, 7) is 8.72. The Balaban J connectivity index is 2.23. The van der Waals surface area contributed by atoms with E-state index in [9.17, 15) is 0 Å². The second kappa shape index (κ2) is 5.81. The maximum atomic E-state index is 5.93. The summed E-state index contributed by atoms with van der Waals surface area (Å²) in [4.78, 5) is 4.91. The standard InChI is InChI=1S/C15H24BrN3/c1-10-8-19(9-11(2)18(10)4)15-6-5-13(12(3)17)7-14(15)16/h5-7,10-12H,8-9,17H2,1-4H3. The van der Waals surface area contributed by atoms with Crippen LogP contribution in [0.3, 0.4) is 0 Å². The van der Waals surface area contributed by atoms with Crippen LogP contribution < -0.4 is 10.6 Å². The topological polar surface area (TPSA) is 32.5 Å². The monoisotopic (exact) mass is 325 g/mol. The van der Waals surface area contributed by atoms with Gasteiger partial charge in [0.1, 0.15) is 0 Å². The lowest BCUT2D eigenvalue weighted by Gasteiger charge is -2.43. The summed E-state index contributed by atoms with van der Waals surface area (Å²) >= 11 is 3.70. The largest absolute Gasteiger partial charge is 0.368 e. The molecular formula is C15H24BrN3. The predicted molar refractivity (Wildman–Crippen MR) is 85.6 cm³/mol. The molecule has 0 bridgehead atoms. The maximum absolute atomic E-state index is 5.93. The van der Waals surface area contributed by atoms with Gasteiger partial charge in [0.25, 0.3) is 0 Å². The van der Waals surface area contributed by atoms with E-state index in [1.807, 2.05) is 6.92 Å². The summed E-state index contributed by atoms with van der Waals surface area (Å²) in [6, 6.07) is 7.70. The first-order valence-electron chi connectivity index (χ1n) is 6.92. The van der Waals surface area contributed by atoms with Crippen molar-refractivity contribution in [1.29, 1.82) is 0 Å². The zero-order chi connectivity index (χ0) is 14.2. The fourth-order valence-electron chi connectivity index (χ4n) is 2.66. The molecule has 0 radical (unpaired) electrons. The number of nitrogens with two attached hydrogens (primary N) is 1. The molecule has 1 aliphatic heterocycles. The molecule has 0 spiro atoms. The molecule has 1 saturated heterocycles. The molecular weight excluding hydrogens is 302 g/mol. The molecule has 3 nitrogen and oxygen atoms in total. The van der Waals surface area contributed by atoms with Gasteiger partial charge in [-0.15, -0.1) is 0 Å². The van der Waals surface area contributed by atoms with E-state index in [1.54, 1.807) is 0 Å². The Hall–Kier alpha value is -0.580. The van der Waals surface area contributed by atoms with Crippen LogP contribution in [0.4, 0.5) is 5.69 Å². The van der Waals surface area contributed by atoms with E-state index in [0.29, 0.717) is 12.1 Å². The Labute approximate surface area is 124 Å². The van der Waals surface area contributed by atoms with E-state index in [-0.39, 0.29) is 6.04 Å². The van der Waals surface area contributed by atoms with Gasteiger partial charge in [0.15, 0.2) is 0 Å². The van der Waals surface area contributed by atoms with Crippen LogP contribution in [-0.2, 0) is 0 Å². The van der Waals surface area contributed by atoms with Gasteiger partial charge < -0.3 is 10.6 Å². The molecule has 0 aromatic heterocycles. The van der Waals surface area contributed by atoms with Crippen LogP contribution in [0, 0.1) is 0 Å². The number of hydrogen-bond donors (Lipinski definition) is 1. The van der Waals surface area contributed by atoms with Gasteiger partial charge in [0.05, 0.1) is 5.69 Å². The summed E-state index contributed by atoms with van der Waals surface area (Å²) in [5.74, 6) is 0. The average molecular weight is 326 g/mol. The molecule has 4 heteroatoms. The van der Waals surface area contributed by atoms with Crippen LogP contribution in [0.2, 0.25) is 0 Å². The molecule has 1 heterocycles. The van der Waals surface area contributed by atoms with Crippen molar-refractivity contribution in [2.45, 2.75) is 38.9 Å². The summed E-state index contributed by atoms with van der Waals surface area (Å²) in [5, 5.41) is 0. The number of nitrogens with zero attached hydrogens (tertiary/aromatic N) is 2. The molecule has 0 amide bonds. The molecule has 1 aliphatic rings. The van der Waals surface area contributed by atoms with Gasteiger partial charge in [-0.05, 0) is 61.4 Å². The Morgan fingerprint density at radius 2 is 1.84 bits per heavy atom. The van der Waals surface area contributed by atoms with Crippen molar-refractivity contribution < 1.29 is 0 Å². The van der Waals surface area contributed by atoms with Crippen molar-refractivity contribution in [1.82, 2.24) is 4.90 Å². The number of likely N-dealkylation sites (N-methyl/N-ethyl adjacent to an activating group) is 1. The van der Waals surface area contributed by atoms with Crippen LogP contribution in [0.1, 0.15) is 32.4 Å². The SMILES string of the molecule is CC(N)c1ccc(N2CC(C)N(C)C(C)C2)c(Br)c1. The number of rotatable bonds is 2. The molecule has 3 atom stereocenters. The zero-order valence-electron chi connectivity index (χ0n) is 12.2. The number of benzene rings is 1. The maximum Gasteiger partial charge on any atom is 0.0511 e. The molecule has 19 heavy (non-hydrogen) atoms. The van der Waals surface area contributed by atoms with Crippen LogP contribution in [0.25, 0.3) is 0 Å². The number of halogens is 1. The van der Waals surface area contributed by atoms with Crippen molar-refractivity contribution in [3.05, 3.63) is 28.2 Å². The summed E-state index contributed by atoms with van der Waals surface area (Å²) in [6.07, 6.45) is 0. The highest BCUT2D eigenvalue weighted by molar-refractivity contribution is 9.10. The highest BCUT2D eigenvalue weighted by Crippen LogP contribution is 2.31. The fourth-order valence-corrected chi connectivity index (χ4v) is 3.31. The van der Waals surface area contributed by atoms with Crippen molar-refractivity contribution >= 4 is 21.6 Å². The minimum atomic E-state index is 0.0793. The summed E-state index contributed by atoms with van der Waals surface area (Å²) in [5.41, 5.74) is 8.38. The second-order valence-electron chi connectivity index (χ2n) is 5.77. The number of anilines is 1. The lowest BCUT2D eigenvalue weighted by atomic mass is 10.1. The van der Waals surface area contributed by atoms with E-state index < -0.39 is 0 Å². The Morgan fingerprint density at radius 1 is 1.26 bits per heavy atom. The van der Waals surface area contributed by atoms with E-state index >= 15 is 0 Å². The van der Waals surface area contributed by atoms with E-state index in [4.69, 9.17) is 5.73 Å². The van der Waals surface area contributed by atoms with Gasteiger partial charge in [-0.25, -0.2) is 0 Å². The van der Waals surface area contributed by atoms with Crippen molar-refractivity contribution in [2.24, 2.45) is 5.73 Å². The fraction of sp³-hybridized carbons (Fsp3) is 0.600. The molecule has 106 valence electrons. The van der Waals surface area contributed by atoms with Crippen molar-refractivity contribution in [2.75, 3.05) is 25.0 Å². The van der Waals surface area contributed by atoms with Crippen LogP contribution in [0.15, 0.2) is 22.7 Å². The number of piperazine rings is 1. The lowest BCUT2D eigenvalue weighted by molar-refractivity contribution is 0.170. The summed E-state index contributed by atoms with van der Waals surface area (Å²) in [7, 11) is 2.21. The number of hydrogen-bond acceptors (Lipinski definition) is 3. The van der Waals surface area contributed by atoms with Crippen LogP contribution in [0.5, 0.6) is 0 Å². The van der Waals surface area contributed by atoms with E-state index in [1.165, 1.54) is 11.3 Å². The Bertz CT molecular complexity index is 435. The first-order chi connectivity index (χ1) is 8.90. The third-order valence-electron chi connectivity index (χ3n) is 4.20. The minimum Gasteiger partial charge on any atom is -0.368 e. The van der Waals surface area contributed by atoms with Crippen LogP contribution in [-0.4, -0.2) is 37.1 Å². The normalized spacial score (nSPS) is 26.5. The van der Waals surface area contributed by atoms with Gasteiger partial charge in [-0.3, -0.25) is 4.90 Å². The highest BCUT2D eigenvalue weighted by atomic mass is 79.9. The quantitative estimate of drug-likeness (QED) is 0.907. The molecule has 0 saturated carbocycles. The molecule has 1 aromatic rings. The Kier molecular flexibility index (Phi) is 4.54. The van der Waals surface area contributed by atoms with E-state index in [0.717, 1.165) is 17.6 Å². The molecule has 2 N–H and O–H groups in total. The molecule has 0 aliphatic carbocycles. The molecule has 3 unspecified atom stereocenters. The third kappa shape index (κ3) is 3.12. The molecule has 2 rings (SSSR count). The van der Waals surface area contributed by atoms with Gasteiger partial charge in [0.2, 0.25) is 0 Å². The zero-order valence-corrected chi connectivity index (χ0v) is 13.8. The predicted octanol–water partition coefficient (Wildman–Crippen LogP) is 3.00. The lowest BCUT2D eigenvalue weighted by Crippen LogP contribution is -2.55. The van der Waals surface area contributed by atoms with Crippen molar-refractivity contribution in [3.8, 4) is 0 Å². The van der Waals surface area contributed by atoms with Gasteiger partial charge in [-0.2, -0.15) is 0 Å². The van der Waals surface area contributed by atoms with Crippen LogP contribution >= 0.6 is 15.9 Å². The van der Waals surface area contributed by atoms with Crippen molar-refractivity contribution in [3.63, 3.8) is 0 Å². The van der Waals surface area contributed by atoms with Gasteiger partial charge in [0, 0.05) is 35.7 Å². The minimum absolute atomic E-state index is 0.0793.